The maximum atomic E-state index is 14.3. The molecule has 3 fully saturated rings. The molecular formula is C17H23FN2. The molecule has 1 aliphatic heterocycles. The van der Waals surface area contributed by atoms with E-state index in [0.717, 1.165) is 42.7 Å². The molecule has 1 aromatic rings. The van der Waals surface area contributed by atoms with E-state index in [-0.39, 0.29) is 5.82 Å². The van der Waals surface area contributed by atoms with Gasteiger partial charge in [-0.2, -0.15) is 0 Å². The van der Waals surface area contributed by atoms with Crippen LogP contribution in [0.2, 0.25) is 0 Å². The third-order valence-electron chi connectivity index (χ3n) is 5.25. The Bertz CT molecular complexity index is 486. The van der Waals surface area contributed by atoms with E-state index in [4.69, 9.17) is 0 Å². The minimum Gasteiger partial charge on any atom is -0.369 e. The minimum absolute atomic E-state index is 0.0416. The van der Waals surface area contributed by atoms with Gasteiger partial charge in [-0.05, 0) is 55.2 Å². The molecule has 1 N–H and O–H groups in total. The van der Waals surface area contributed by atoms with Gasteiger partial charge < -0.3 is 10.2 Å². The van der Waals surface area contributed by atoms with Crippen molar-refractivity contribution in [2.75, 3.05) is 18.0 Å². The van der Waals surface area contributed by atoms with Crippen LogP contribution in [0.25, 0.3) is 0 Å². The van der Waals surface area contributed by atoms with Gasteiger partial charge in [0, 0.05) is 25.7 Å². The second kappa shape index (κ2) is 5.03. The lowest BCUT2D eigenvalue weighted by molar-refractivity contribution is 0.494. The van der Waals surface area contributed by atoms with E-state index in [1.807, 2.05) is 6.07 Å². The molecule has 4 rings (SSSR count). The zero-order valence-corrected chi connectivity index (χ0v) is 11.9. The fourth-order valence-electron chi connectivity index (χ4n) is 3.90. The van der Waals surface area contributed by atoms with Crippen LogP contribution in [0.15, 0.2) is 18.2 Å². The van der Waals surface area contributed by atoms with Crippen LogP contribution >= 0.6 is 0 Å². The van der Waals surface area contributed by atoms with Gasteiger partial charge in [0.2, 0.25) is 0 Å². The lowest BCUT2D eigenvalue weighted by Crippen LogP contribution is -2.22. The Hall–Kier alpha value is -1.09. The van der Waals surface area contributed by atoms with Gasteiger partial charge in [0.25, 0.3) is 0 Å². The predicted octanol–water partition coefficient (Wildman–Crippen LogP) is 3.31. The lowest BCUT2D eigenvalue weighted by atomic mass is 10.0. The molecule has 3 heteroatoms. The zero-order valence-electron chi connectivity index (χ0n) is 11.9. The molecule has 20 heavy (non-hydrogen) atoms. The molecule has 2 saturated carbocycles. The highest BCUT2D eigenvalue weighted by Gasteiger charge is 2.36. The molecule has 2 atom stereocenters. The van der Waals surface area contributed by atoms with Crippen LogP contribution in [0, 0.1) is 17.7 Å². The third-order valence-corrected chi connectivity index (χ3v) is 5.25. The van der Waals surface area contributed by atoms with E-state index in [0.29, 0.717) is 6.04 Å². The smallest absolute Gasteiger partial charge is 0.146 e. The van der Waals surface area contributed by atoms with Gasteiger partial charge in [0.1, 0.15) is 5.82 Å². The summed E-state index contributed by atoms with van der Waals surface area (Å²) in [5.41, 5.74) is 1.88. The molecule has 1 saturated heterocycles. The zero-order chi connectivity index (χ0) is 13.5. The highest BCUT2D eigenvalue weighted by atomic mass is 19.1. The molecular weight excluding hydrogens is 251 g/mol. The van der Waals surface area contributed by atoms with Gasteiger partial charge in [-0.25, -0.2) is 4.39 Å². The van der Waals surface area contributed by atoms with Gasteiger partial charge in [0.15, 0.2) is 0 Å². The van der Waals surface area contributed by atoms with Crippen LogP contribution in [0.1, 0.15) is 37.7 Å². The molecule has 2 unspecified atom stereocenters. The van der Waals surface area contributed by atoms with E-state index in [9.17, 15) is 4.39 Å². The molecule has 1 aromatic carbocycles. The molecule has 0 radical (unpaired) electrons. The van der Waals surface area contributed by atoms with Crippen molar-refractivity contribution in [3.05, 3.63) is 29.6 Å². The fourth-order valence-corrected chi connectivity index (χ4v) is 3.90. The summed E-state index contributed by atoms with van der Waals surface area (Å²) < 4.78 is 14.3. The summed E-state index contributed by atoms with van der Waals surface area (Å²) in [6.45, 7) is 2.91. The van der Waals surface area contributed by atoms with Gasteiger partial charge in [-0.3, -0.25) is 0 Å². The molecule has 0 aromatic heterocycles. The average Bonchev–Trinajstić information content (AvgIpc) is 3.02. The van der Waals surface area contributed by atoms with Crippen molar-refractivity contribution in [1.29, 1.82) is 0 Å². The lowest BCUT2D eigenvalue weighted by Gasteiger charge is -2.20. The normalized spacial score (nSPS) is 28.9. The first kappa shape index (κ1) is 12.6. The van der Waals surface area contributed by atoms with Crippen LogP contribution < -0.4 is 10.2 Å². The highest BCUT2D eigenvalue weighted by molar-refractivity contribution is 5.50. The van der Waals surface area contributed by atoms with Crippen molar-refractivity contribution in [1.82, 2.24) is 5.32 Å². The van der Waals surface area contributed by atoms with Crippen LogP contribution in [0.4, 0.5) is 10.1 Å². The largest absolute Gasteiger partial charge is 0.369 e. The van der Waals surface area contributed by atoms with E-state index in [2.05, 4.69) is 16.3 Å². The first-order chi connectivity index (χ1) is 9.79. The Morgan fingerprint density at radius 2 is 1.85 bits per heavy atom. The second-order valence-corrected chi connectivity index (χ2v) is 6.80. The topological polar surface area (TPSA) is 15.3 Å². The number of rotatable bonds is 4. The quantitative estimate of drug-likeness (QED) is 0.906. The summed E-state index contributed by atoms with van der Waals surface area (Å²) in [5.74, 6) is 1.58. The van der Waals surface area contributed by atoms with Gasteiger partial charge in [-0.15, -0.1) is 0 Å². The maximum absolute atomic E-state index is 14.3. The Labute approximate surface area is 120 Å². The number of halogens is 1. The monoisotopic (exact) mass is 274 g/mol. The SMILES string of the molecule is Fc1cc(CNC2CC2)ccc1N1CC2CCCC2C1. The van der Waals surface area contributed by atoms with Crippen LogP contribution in [0.3, 0.4) is 0 Å². The van der Waals surface area contributed by atoms with Gasteiger partial charge >= 0.3 is 0 Å². The molecule has 0 bridgehead atoms. The second-order valence-electron chi connectivity index (χ2n) is 6.80. The Kier molecular flexibility index (Phi) is 3.18. The van der Waals surface area contributed by atoms with Gasteiger partial charge in [0.05, 0.1) is 5.69 Å². The summed E-state index contributed by atoms with van der Waals surface area (Å²) in [5, 5.41) is 3.44. The standard InChI is InChI=1S/C17H23FN2/c18-16-8-12(9-19-15-5-6-15)4-7-17(16)20-10-13-2-1-3-14(13)11-20/h4,7-8,13-15,19H,1-3,5-6,9-11H2. The summed E-state index contributed by atoms with van der Waals surface area (Å²) >= 11 is 0. The van der Waals surface area contributed by atoms with Crippen LogP contribution in [0.5, 0.6) is 0 Å². The van der Waals surface area contributed by atoms with Crippen molar-refractivity contribution in [2.45, 2.75) is 44.7 Å². The number of fused-ring (bicyclic) bond motifs is 1. The molecule has 1 heterocycles. The van der Waals surface area contributed by atoms with E-state index >= 15 is 0 Å². The Balaban J connectivity index is 1.45. The molecule has 2 nitrogen and oxygen atoms in total. The van der Waals surface area contributed by atoms with Crippen molar-refractivity contribution in [3.63, 3.8) is 0 Å². The predicted molar refractivity (Wildman–Crippen MR) is 79.3 cm³/mol. The van der Waals surface area contributed by atoms with Crippen LogP contribution in [-0.4, -0.2) is 19.1 Å². The third kappa shape index (κ3) is 2.44. The van der Waals surface area contributed by atoms with Crippen molar-refractivity contribution in [2.24, 2.45) is 11.8 Å². The van der Waals surface area contributed by atoms with Crippen LogP contribution in [-0.2, 0) is 6.54 Å². The minimum atomic E-state index is -0.0416. The molecule has 0 amide bonds. The van der Waals surface area contributed by atoms with Crippen molar-refractivity contribution >= 4 is 5.69 Å². The molecule has 2 aliphatic carbocycles. The number of anilines is 1. The summed E-state index contributed by atoms with van der Waals surface area (Å²) in [4.78, 5) is 2.27. The van der Waals surface area contributed by atoms with E-state index in [1.165, 1.54) is 32.1 Å². The summed E-state index contributed by atoms with van der Waals surface area (Å²) in [7, 11) is 0. The van der Waals surface area contributed by atoms with Gasteiger partial charge in [-0.1, -0.05) is 12.5 Å². The number of hydrogen-bond donors (Lipinski definition) is 1. The number of hydrogen-bond acceptors (Lipinski definition) is 2. The Morgan fingerprint density at radius 3 is 2.50 bits per heavy atom. The first-order valence-corrected chi connectivity index (χ1v) is 8.06. The molecule has 0 spiro atoms. The Morgan fingerprint density at radius 1 is 1.10 bits per heavy atom. The number of nitrogens with one attached hydrogen (secondary N) is 1. The highest BCUT2D eigenvalue weighted by Crippen LogP contribution is 2.40. The maximum Gasteiger partial charge on any atom is 0.146 e. The molecule has 108 valence electrons. The summed E-state index contributed by atoms with van der Waals surface area (Å²) in [6.07, 6.45) is 6.60. The average molecular weight is 274 g/mol. The van der Waals surface area contributed by atoms with E-state index < -0.39 is 0 Å². The number of benzene rings is 1. The first-order valence-electron chi connectivity index (χ1n) is 8.06. The fraction of sp³-hybridized carbons (Fsp3) is 0.647. The van der Waals surface area contributed by atoms with Crippen molar-refractivity contribution in [3.8, 4) is 0 Å². The summed E-state index contributed by atoms with van der Waals surface area (Å²) in [6, 6.07) is 6.47. The van der Waals surface area contributed by atoms with E-state index in [1.54, 1.807) is 6.07 Å². The number of nitrogens with zero attached hydrogens (tertiary/aromatic N) is 1. The molecule has 3 aliphatic rings. The van der Waals surface area contributed by atoms with Crippen molar-refractivity contribution < 1.29 is 4.39 Å².